The first-order valence-electron chi connectivity index (χ1n) is 9.53. The fourth-order valence-electron chi connectivity index (χ4n) is 3.46. The number of halogens is 3. The van der Waals surface area contributed by atoms with Crippen molar-refractivity contribution in [3.63, 3.8) is 0 Å². The molecule has 2 heterocycles. The number of alkyl halides is 3. The first-order chi connectivity index (χ1) is 13.8. The molecule has 6 nitrogen and oxygen atoms in total. The topological polar surface area (TPSA) is 67.2 Å². The summed E-state index contributed by atoms with van der Waals surface area (Å²) in [5.41, 5.74) is -0.416. The molecule has 1 aliphatic rings. The summed E-state index contributed by atoms with van der Waals surface area (Å²) in [6.07, 6.45) is 1.68. The van der Waals surface area contributed by atoms with Crippen LogP contribution in [0.25, 0.3) is 0 Å². The van der Waals surface area contributed by atoms with Crippen molar-refractivity contribution in [2.45, 2.75) is 38.4 Å². The molecule has 2 aromatic rings. The Bertz CT molecular complexity index is 819. The molecule has 0 radical (unpaired) electrons. The standard InChI is InChI=1S/C20H23F3N4O2/c21-20(22,23)16-5-7-17(8-6-16)25-18(28)9-4-15-3-1-11-26(13-15)19(29)14-27-12-2-10-24-27/h2,5-8,10,12,15H,1,3-4,9,11,13-14H2,(H,25,28)/t15-/m1/s1. The molecule has 1 aliphatic heterocycles. The second-order valence-corrected chi connectivity index (χ2v) is 7.21. The molecule has 156 valence electrons. The van der Waals surface area contributed by atoms with Crippen LogP contribution in [0, 0.1) is 5.92 Å². The Morgan fingerprint density at radius 1 is 1.21 bits per heavy atom. The highest BCUT2D eigenvalue weighted by molar-refractivity contribution is 5.90. The third-order valence-electron chi connectivity index (χ3n) is 5.00. The zero-order valence-corrected chi connectivity index (χ0v) is 15.9. The van der Waals surface area contributed by atoms with Crippen molar-refractivity contribution in [3.8, 4) is 0 Å². The van der Waals surface area contributed by atoms with Crippen molar-refractivity contribution in [2.75, 3.05) is 18.4 Å². The van der Waals surface area contributed by atoms with Gasteiger partial charge in [-0.2, -0.15) is 18.3 Å². The summed E-state index contributed by atoms with van der Waals surface area (Å²) < 4.78 is 39.3. The fourth-order valence-corrected chi connectivity index (χ4v) is 3.46. The van der Waals surface area contributed by atoms with E-state index in [2.05, 4.69) is 10.4 Å². The second-order valence-electron chi connectivity index (χ2n) is 7.21. The Labute approximate surface area is 166 Å². The van der Waals surface area contributed by atoms with E-state index in [9.17, 15) is 22.8 Å². The van der Waals surface area contributed by atoms with Crippen LogP contribution < -0.4 is 5.32 Å². The third kappa shape index (κ3) is 6.07. The van der Waals surface area contributed by atoms with E-state index in [1.54, 1.807) is 23.1 Å². The zero-order valence-electron chi connectivity index (χ0n) is 15.9. The maximum absolute atomic E-state index is 12.6. The van der Waals surface area contributed by atoms with Gasteiger partial charge in [0.05, 0.1) is 5.56 Å². The Kier molecular flexibility index (Phi) is 6.56. The molecule has 0 spiro atoms. The Morgan fingerprint density at radius 3 is 2.62 bits per heavy atom. The molecule has 1 N–H and O–H groups in total. The average Bonchev–Trinajstić information content (AvgIpc) is 3.19. The van der Waals surface area contributed by atoms with Gasteiger partial charge in [0.15, 0.2) is 0 Å². The Balaban J connectivity index is 1.44. The van der Waals surface area contributed by atoms with E-state index in [1.165, 1.54) is 12.1 Å². The number of nitrogens with one attached hydrogen (secondary N) is 1. The Morgan fingerprint density at radius 2 is 1.97 bits per heavy atom. The van der Waals surface area contributed by atoms with Gasteiger partial charge in [-0.15, -0.1) is 0 Å². The molecule has 2 amide bonds. The summed E-state index contributed by atoms with van der Waals surface area (Å²) >= 11 is 0. The Hall–Kier alpha value is -2.84. The number of aromatic nitrogens is 2. The smallest absolute Gasteiger partial charge is 0.341 e. The van der Waals surface area contributed by atoms with Crippen LogP contribution in [0.2, 0.25) is 0 Å². The van der Waals surface area contributed by atoms with Gasteiger partial charge in [0, 0.05) is 37.6 Å². The lowest BCUT2D eigenvalue weighted by Gasteiger charge is -2.32. The molecule has 3 rings (SSSR count). The largest absolute Gasteiger partial charge is 0.416 e. The number of nitrogens with zero attached hydrogens (tertiary/aromatic N) is 3. The van der Waals surface area contributed by atoms with Crippen LogP contribution in [0.3, 0.4) is 0 Å². The van der Waals surface area contributed by atoms with E-state index >= 15 is 0 Å². The average molecular weight is 408 g/mol. The van der Waals surface area contributed by atoms with Gasteiger partial charge < -0.3 is 10.2 Å². The van der Waals surface area contributed by atoms with Gasteiger partial charge in [-0.3, -0.25) is 14.3 Å². The van der Waals surface area contributed by atoms with E-state index in [-0.39, 0.29) is 30.7 Å². The molecule has 1 aromatic carbocycles. The number of likely N-dealkylation sites (tertiary alicyclic amines) is 1. The number of anilines is 1. The van der Waals surface area contributed by atoms with Gasteiger partial charge in [0.2, 0.25) is 11.8 Å². The predicted molar refractivity (Wildman–Crippen MR) is 101 cm³/mol. The van der Waals surface area contributed by atoms with Crippen LogP contribution >= 0.6 is 0 Å². The van der Waals surface area contributed by atoms with Crippen LogP contribution in [-0.4, -0.2) is 39.6 Å². The minimum atomic E-state index is -4.40. The van der Waals surface area contributed by atoms with Gasteiger partial charge >= 0.3 is 6.18 Å². The van der Waals surface area contributed by atoms with Gasteiger partial charge in [-0.25, -0.2) is 0 Å². The van der Waals surface area contributed by atoms with E-state index in [1.807, 2.05) is 4.90 Å². The summed E-state index contributed by atoms with van der Waals surface area (Å²) in [6.45, 7) is 1.51. The number of hydrogen-bond acceptors (Lipinski definition) is 3. The minimum absolute atomic E-state index is 0.00704. The molecule has 29 heavy (non-hydrogen) atoms. The molecular formula is C20H23F3N4O2. The van der Waals surface area contributed by atoms with Crippen molar-refractivity contribution in [2.24, 2.45) is 5.92 Å². The fraction of sp³-hybridized carbons (Fsp3) is 0.450. The lowest BCUT2D eigenvalue weighted by molar-refractivity contribution is -0.137. The predicted octanol–water partition coefficient (Wildman–Crippen LogP) is 3.56. The van der Waals surface area contributed by atoms with Crippen LogP contribution in [0.5, 0.6) is 0 Å². The van der Waals surface area contributed by atoms with Crippen molar-refractivity contribution in [3.05, 3.63) is 48.3 Å². The summed E-state index contributed by atoms with van der Waals surface area (Å²) in [4.78, 5) is 26.3. The van der Waals surface area contributed by atoms with Crippen LogP contribution in [-0.2, 0) is 22.3 Å². The number of benzene rings is 1. The monoisotopic (exact) mass is 408 g/mol. The highest BCUT2D eigenvalue weighted by atomic mass is 19.4. The van der Waals surface area contributed by atoms with Gasteiger partial charge in [-0.1, -0.05) is 0 Å². The molecule has 1 aromatic heterocycles. The van der Waals surface area contributed by atoms with Crippen LogP contribution in [0.15, 0.2) is 42.7 Å². The molecule has 0 unspecified atom stereocenters. The first kappa shape index (κ1) is 20.9. The summed E-state index contributed by atoms with van der Waals surface area (Å²) in [5, 5.41) is 6.67. The molecule has 9 heteroatoms. The van der Waals surface area contributed by atoms with Gasteiger partial charge in [0.1, 0.15) is 6.54 Å². The number of carbonyl (C=O) groups is 2. The van der Waals surface area contributed by atoms with E-state index in [0.717, 1.165) is 25.0 Å². The van der Waals surface area contributed by atoms with Gasteiger partial charge in [-0.05, 0) is 55.5 Å². The normalized spacial score (nSPS) is 17.2. The minimum Gasteiger partial charge on any atom is -0.341 e. The highest BCUT2D eigenvalue weighted by Gasteiger charge is 2.30. The maximum atomic E-state index is 12.6. The van der Waals surface area contributed by atoms with Crippen LogP contribution in [0.1, 0.15) is 31.2 Å². The molecule has 0 aliphatic carbocycles. The SMILES string of the molecule is O=C(CC[C@H]1CCCN(C(=O)Cn2cccn2)C1)Nc1ccc(C(F)(F)F)cc1. The second kappa shape index (κ2) is 9.11. The van der Waals surface area contributed by atoms with Crippen molar-refractivity contribution in [1.82, 2.24) is 14.7 Å². The summed E-state index contributed by atoms with van der Waals surface area (Å²) in [5.74, 6) is -0.0129. The third-order valence-corrected chi connectivity index (χ3v) is 5.00. The molecule has 1 atom stereocenters. The van der Waals surface area contributed by atoms with E-state index in [4.69, 9.17) is 0 Å². The van der Waals surface area contributed by atoms with Crippen molar-refractivity contribution >= 4 is 17.5 Å². The number of hydrogen-bond donors (Lipinski definition) is 1. The van der Waals surface area contributed by atoms with E-state index < -0.39 is 11.7 Å². The lowest BCUT2D eigenvalue weighted by Crippen LogP contribution is -2.41. The highest BCUT2D eigenvalue weighted by Crippen LogP contribution is 2.30. The number of rotatable bonds is 6. The lowest BCUT2D eigenvalue weighted by atomic mass is 9.93. The molecule has 0 bridgehead atoms. The molecule has 1 fully saturated rings. The summed E-state index contributed by atoms with van der Waals surface area (Å²) in [6, 6.07) is 6.15. The molecule has 1 saturated heterocycles. The van der Waals surface area contributed by atoms with Crippen LogP contribution in [0.4, 0.5) is 18.9 Å². The zero-order chi connectivity index (χ0) is 20.9. The summed E-state index contributed by atoms with van der Waals surface area (Å²) in [7, 11) is 0. The van der Waals surface area contributed by atoms with Gasteiger partial charge in [0.25, 0.3) is 0 Å². The maximum Gasteiger partial charge on any atom is 0.416 e. The van der Waals surface area contributed by atoms with Crippen molar-refractivity contribution in [1.29, 1.82) is 0 Å². The first-order valence-corrected chi connectivity index (χ1v) is 9.53. The molecular weight excluding hydrogens is 385 g/mol. The number of piperidine rings is 1. The molecule has 0 saturated carbocycles. The number of amides is 2. The van der Waals surface area contributed by atoms with E-state index in [0.29, 0.717) is 25.2 Å². The quantitative estimate of drug-likeness (QED) is 0.795. The van der Waals surface area contributed by atoms with Crippen molar-refractivity contribution < 1.29 is 22.8 Å². The number of carbonyl (C=O) groups excluding carboxylic acids is 2.